The molecule has 4 heteroatoms. The van der Waals surface area contributed by atoms with Crippen LogP contribution in [0.15, 0.2) is 61.7 Å². The smallest absolute Gasteiger partial charge is 0.306 e. The van der Waals surface area contributed by atoms with Crippen LogP contribution in [0.1, 0.15) is 41.5 Å². The van der Waals surface area contributed by atoms with E-state index in [1.165, 1.54) is 0 Å². The third kappa shape index (κ3) is 7.32. The molecule has 0 fully saturated rings. The Morgan fingerprint density at radius 2 is 1.07 bits per heavy atom. The highest BCUT2D eigenvalue weighted by Crippen LogP contribution is 2.10. The Morgan fingerprint density at radius 1 is 0.704 bits per heavy atom. The first kappa shape index (κ1) is 20.2. The maximum Gasteiger partial charge on any atom is 0.306 e. The lowest BCUT2D eigenvalue weighted by Crippen LogP contribution is -2.08. The van der Waals surface area contributed by atoms with Crippen LogP contribution in [0.5, 0.6) is 0 Å². The molecule has 27 heavy (non-hydrogen) atoms. The number of carbonyl (C=O) groups excluding carboxylic acids is 2. The number of rotatable bonds is 10. The van der Waals surface area contributed by atoms with Crippen molar-refractivity contribution in [1.29, 1.82) is 0 Å². The van der Waals surface area contributed by atoms with Gasteiger partial charge in [-0.15, -0.1) is 0 Å². The van der Waals surface area contributed by atoms with Crippen LogP contribution in [-0.2, 0) is 32.3 Å². The van der Waals surface area contributed by atoms with E-state index in [1.807, 2.05) is 48.5 Å². The number of ether oxygens (including phenoxy) is 2. The van der Waals surface area contributed by atoms with Gasteiger partial charge in [0.05, 0.1) is 0 Å². The van der Waals surface area contributed by atoms with E-state index in [4.69, 9.17) is 9.47 Å². The average molecular weight is 364 g/mol. The van der Waals surface area contributed by atoms with E-state index in [0.717, 1.165) is 22.3 Å². The average Bonchev–Trinajstić information content (AvgIpc) is 2.71. The van der Waals surface area contributed by atoms with E-state index in [1.54, 1.807) is 12.2 Å². The standard InChI is InChI=1S/C23H24O4/c1-3-18-8-12-20(13-9-18)16-26-22(24)6-5-7-23(25)27-17-21-14-10-19(4-2)11-15-21/h3-4,8-15H,1-2,5-7,16-17H2. The monoisotopic (exact) mass is 364 g/mol. The molecule has 0 spiro atoms. The molecule has 0 saturated heterocycles. The fourth-order valence-corrected chi connectivity index (χ4v) is 2.35. The Morgan fingerprint density at radius 3 is 1.41 bits per heavy atom. The van der Waals surface area contributed by atoms with Crippen molar-refractivity contribution >= 4 is 24.1 Å². The fraction of sp³-hybridized carbons (Fsp3) is 0.217. The Balaban J connectivity index is 1.61. The van der Waals surface area contributed by atoms with Gasteiger partial charge in [-0.05, 0) is 28.7 Å². The predicted octanol–water partition coefficient (Wildman–Crippen LogP) is 4.93. The van der Waals surface area contributed by atoms with E-state index in [0.29, 0.717) is 6.42 Å². The van der Waals surface area contributed by atoms with E-state index < -0.39 is 0 Å². The lowest BCUT2D eigenvalue weighted by molar-refractivity contribution is -0.146. The van der Waals surface area contributed by atoms with Crippen LogP contribution in [0.4, 0.5) is 0 Å². The number of hydrogen-bond acceptors (Lipinski definition) is 4. The first-order valence-electron chi connectivity index (χ1n) is 8.84. The zero-order valence-electron chi connectivity index (χ0n) is 15.4. The topological polar surface area (TPSA) is 52.6 Å². The van der Waals surface area contributed by atoms with E-state index >= 15 is 0 Å². The summed E-state index contributed by atoms with van der Waals surface area (Å²) in [5, 5.41) is 0. The predicted molar refractivity (Wildman–Crippen MR) is 107 cm³/mol. The second kappa shape index (κ2) is 10.8. The van der Waals surface area contributed by atoms with Gasteiger partial charge in [0, 0.05) is 12.8 Å². The van der Waals surface area contributed by atoms with Gasteiger partial charge >= 0.3 is 11.9 Å². The van der Waals surface area contributed by atoms with E-state index in [2.05, 4.69) is 13.2 Å². The Labute approximate surface area is 160 Å². The van der Waals surface area contributed by atoms with Gasteiger partial charge in [0.15, 0.2) is 0 Å². The van der Waals surface area contributed by atoms with Crippen LogP contribution in [0.25, 0.3) is 12.2 Å². The van der Waals surface area contributed by atoms with E-state index in [-0.39, 0.29) is 38.0 Å². The second-order valence-electron chi connectivity index (χ2n) is 6.07. The third-order valence-electron chi connectivity index (χ3n) is 3.99. The number of benzene rings is 2. The van der Waals surface area contributed by atoms with Crippen LogP contribution < -0.4 is 0 Å². The van der Waals surface area contributed by atoms with Gasteiger partial charge in [-0.25, -0.2) is 0 Å². The fourth-order valence-electron chi connectivity index (χ4n) is 2.35. The molecule has 0 N–H and O–H groups in total. The van der Waals surface area contributed by atoms with Crippen LogP contribution in [0.2, 0.25) is 0 Å². The van der Waals surface area contributed by atoms with E-state index in [9.17, 15) is 9.59 Å². The lowest BCUT2D eigenvalue weighted by atomic mass is 10.1. The minimum Gasteiger partial charge on any atom is -0.461 e. The summed E-state index contributed by atoms with van der Waals surface area (Å²) in [5.41, 5.74) is 3.85. The summed E-state index contributed by atoms with van der Waals surface area (Å²) in [4.78, 5) is 23.5. The molecule has 4 nitrogen and oxygen atoms in total. The quantitative estimate of drug-likeness (QED) is 0.561. The molecule has 0 aliphatic heterocycles. The molecule has 0 aromatic heterocycles. The largest absolute Gasteiger partial charge is 0.461 e. The summed E-state index contributed by atoms with van der Waals surface area (Å²) in [6.07, 6.45) is 4.29. The molecular weight excluding hydrogens is 340 g/mol. The summed E-state index contributed by atoms with van der Waals surface area (Å²) in [6.45, 7) is 7.83. The van der Waals surface area contributed by atoms with Gasteiger partial charge in [-0.1, -0.05) is 73.8 Å². The summed E-state index contributed by atoms with van der Waals surface area (Å²) >= 11 is 0. The molecule has 0 radical (unpaired) electrons. The maximum absolute atomic E-state index is 11.8. The molecular formula is C23H24O4. The van der Waals surface area contributed by atoms with Crippen molar-refractivity contribution < 1.29 is 19.1 Å². The van der Waals surface area contributed by atoms with Gasteiger partial charge in [-0.3, -0.25) is 9.59 Å². The van der Waals surface area contributed by atoms with Crippen molar-refractivity contribution in [2.75, 3.05) is 0 Å². The molecule has 0 aliphatic carbocycles. The van der Waals surface area contributed by atoms with Gasteiger partial charge in [0.25, 0.3) is 0 Å². The summed E-state index contributed by atoms with van der Waals surface area (Å²) in [6, 6.07) is 15.2. The van der Waals surface area contributed by atoms with Crippen molar-refractivity contribution in [3.8, 4) is 0 Å². The minimum atomic E-state index is -0.324. The zero-order valence-corrected chi connectivity index (χ0v) is 15.4. The molecule has 0 heterocycles. The highest BCUT2D eigenvalue weighted by molar-refractivity contribution is 5.72. The first-order chi connectivity index (χ1) is 13.1. The molecule has 2 rings (SSSR count). The Hall–Kier alpha value is -3.14. The van der Waals surface area contributed by atoms with Gasteiger partial charge in [0.1, 0.15) is 13.2 Å². The van der Waals surface area contributed by atoms with Crippen LogP contribution >= 0.6 is 0 Å². The first-order valence-corrected chi connectivity index (χ1v) is 8.84. The number of hydrogen-bond donors (Lipinski definition) is 0. The molecule has 0 amide bonds. The highest BCUT2D eigenvalue weighted by atomic mass is 16.5. The van der Waals surface area contributed by atoms with Crippen molar-refractivity contribution in [2.24, 2.45) is 0 Å². The molecule has 140 valence electrons. The molecule has 0 bridgehead atoms. The molecule has 0 aliphatic rings. The molecule has 0 saturated carbocycles. The SMILES string of the molecule is C=Cc1ccc(COC(=O)CCCC(=O)OCc2ccc(C=C)cc2)cc1. The third-order valence-corrected chi connectivity index (χ3v) is 3.99. The molecule has 0 atom stereocenters. The van der Waals surface area contributed by atoms with Gasteiger partial charge in [-0.2, -0.15) is 0 Å². The van der Waals surface area contributed by atoms with Crippen molar-refractivity contribution in [1.82, 2.24) is 0 Å². The van der Waals surface area contributed by atoms with Gasteiger partial charge < -0.3 is 9.47 Å². The minimum absolute atomic E-state index is 0.188. The Bertz CT molecular complexity index is 706. The highest BCUT2D eigenvalue weighted by Gasteiger charge is 2.08. The number of esters is 2. The zero-order chi connectivity index (χ0) is 19.5. The van der Waals surface area contributed by atoms with Crippen LogP contribution in [0, 0.1) is 0 Å². The summed E-state index contributed by atoms with van der Waals surface area (Å²) in [7, 11) is 0. The normalized spacial score (nSPS) is 10.1. The second-order valence-corrected chi connectivity index (χ2v) is 6.07. The van der Waals surface area contributed by atoms with Gasteiger partial charge in [0.2, 0.25) is 0 Å². The Kier molecular flexibility index (Phi) is 8.04. The van der Waals surface area contributed by atoms with Crippen molar-refractivity contribution in [3.05, 3.63) is 83.9 Å². The van der Waals surface area contributed by atoms with Crippen LogP contribution in [0.3, 0.4) is 0 Å². The lowest BCUT2D eigenvalue weighted by Gasteiger charge is -2.07. The van der Waals surface area contributed by atoms with Crippen molar-refractivity contribution in [2.45, 2.75) is 32.5 Å². The number of carbonyl (C=O) groups is 2. The van der Waals surface area contributed by atoms with Crippen molar-refractivity contribution in [3.63, 3.8) is 0 Å². The maximum atomic E-state index is 11.8. The molecule has 2 aromatic carbocycles. The van der Waals surface area contributed by atoms with Crippen LogP contribution in [-0.4, -0.2) is 11.9 Å². The summed E-state index contributed by atoms with van der Waals surface area (Å²) in [5.74, 6) is -0.647. The summed E-state index contributed by atoms with van der Waals surface area (Å²) < 4.78 is 10.4. The molecule has 0 unspecified atom stereocenters. The molecule has 2 aromatic rings.